The molecule has 0 saturated heterocycles. The molecule has 1 heterocycles. The highest BCUT2D eigenvalue weighted by molar-refractivity contribution is 5.31. The predicted molar refractivity (Wildman–Crippen MR) is 59.3 cm³/mol. The van der Waals surface area contributed by atoms with Crippen LogP contribution in [0.5, 0.6) is 0 Å². The van der Waals surface area contributed by atoms with E-state index in [1.807, 2.05) is 0 Å². The molecule has 0 amide bonds. The fraction of sp³-hybridized carbons (Fsp3) is 0.385. The molecule has 0 aliphatic carbocycles. The fourth-order valence-electron chi connectivity index (χ4n) is 1.81. The number of hydrogen-bond acceptors (Lipinski definition) is 2. The molecule has 1 aromatic carbocycles. The van der Waals surface area contributed by atoms with Crippen molar-refractivity contribution in [3.8, 4) is 0 Å². The van der Waals surface area contributed by atoms with Gasteiger partial charge in [0.1, 0.15) is 23.5 Å². The Balaban J connectivity index is 2.33. The molecule has 2 rings (SSSR count). The van der Waals surface area contributed by atoms with Crippen LogP contribution in [0.15, 0.2) is 24.0 Å². The Bertz CT molecular complexity index is 455. The Kier molecular flexibility index (Phi) is 3.43. The van der Waals surface area contributed by atoms with Gasteiger partial charge >= 0.3 is 0 Å². The van der Waals surface area contributed by atoms with Crippen molar-refractivity contribution in [3.05, 3.63) is 46.7 Å². The van der Waals surface area contributed by atoms with Crippen LogP contribution >= 0.6 is 0 Å². The van der Waals surface area contributed by atoms with E-state index in [-0.39, 0.29) is 5.56 Å². The Morgan fingerprint density at radius 1 is 1.29 bits per heavy atom. The third kappa shape index (κ3) is 2.47. The van der Waals surface area contributed by atoms with Gasteiger partial charge in [-0.3, -0.25) is 0 Å². The maximum Gasteiger partial charge on any atom is 0.138 e. The van der Waals surface area contributed by atoms with Gasteiger partial charge in [-0.2, -0.15) is 0 Å². The smallest absolute Gasteiger partial charge is 0.138 e. The lowest BCUT2D eigenvalue weighted by Crippen LogP contribution is -2.11. The minimum atomic E-state index is -1.16. The van der Waals surface area contributed by atoms with Gasteiger partial charge in [0.15, 0.2) is 0 Å². The standard InChI is InChI=1S/C13H14F2O2/c1-8-6-9(11(15)7-10(8)14)13(16)12-4-2-3-5-17-12/h4,6-7,13,16H,2-3,5H2,1H3. The summed E-state index contributed by atoms with van der Waals surface area (Å²) in [5.74, 6) is -1.02. The highest BCUT2D eigenvalue weighted by atomic mass is 19.1. The van der Waals surface area contributed by atoms with Gasteiger partial charge in [-0.15, -0.1) is 0 Å². The number of hydrogen-bond donors (Lipinski definition) is 1. The molecule has 0 radical (unpaired) electrons. The molecule has 1 N–H and O–H groups in total. The van der Waals surface area contributed by atoms with Gasteiger partial charge in [0.25, 0.3) is 0 Å². The van der Waals surface area contributed by atoms with E-state index < -0.39 is 17.7 Å². The van der Waals surface area contributed by atoms with Crippen LogP contribution < -0.4 is 0 Å². The molecule has 92 valence electrons. The van der Waals surface area contributed by atoms with Crippen LogP contribution in [0, 0.1) is 18.6 Å². The first kappa shape index (κ1) is 12.0. The molecule has 0 spiro atoms. The molecule has 17 heavy (non-hydrogen) atoms. The summed E-state index contributed by atoms with van der Waals surface area (Å²) < 4.78 is 31.9. The Hall–Kier alpha value is -1.42. The van der Waals surface area contributed by atoms with Crippen molar-refractivity contribution in [2.45, 2.75) is 25.9 Å². The zero-order valence-corrected chi connectivity index (χ0v) is 9.54. The molecule has 0 fully saturated rings. The SMILES string of the molecule is Cc1cc(C(O)C2=CCCCO2)c(F)cc1F. The highest BCUT2D eigenvalue weighted by Crippen LogP contribution is 2.29. The van der Waals surface area contributed by atoms with Crippen LogP contribution in [0.3, 0.4) is 0 Å². The maximum absolute atomic E-state index is 13.6. The van der Waals surface area contributed by atoms with E-state index in [2.05, 4.69) is 0 Å². The van der Waals surface area contributed by atoms with Gasteiger partial charge in [-0.05, 0) is 37.5 Å². The van der Waals surface area contributed by atoms with E-state index in [0.717, 1.165) is 18.9 Å². The second-order valence-corrected chi connectivity index (χ2v) is 4.12. The Labute approximate surface area is 98.5 Å². The number of allylic oxidation sites excluding steroid dienone is 1. The molecule has 1 atom stereocenters. The van der Waals surface area contributed by atoms with Gasteiger partial charge in [-0.1, -0.05) is 0 Å². The van der Waals surface area contributed by atoms with Crippen LogP contribution in [0.4, 0.5) is 8.78 Å². The van der Waals surface area contributed by atoms with E-state index in [0.29, 0.717) is 17.9 Å². The summed E-state index contributed by atoms with van der Waals surface area (Å²) in [6.07, 6.45) is 2.27. The first-order valence-electron chi connectivity index (χ1n) is 5.56. The molecule has 4 heteroatoms. The summed E-state index contributed by atoms with van der Waals surface area (Å²) in [6, 6.07) is 2.10. The molecular weight excluding hydrogens is 226 g/mol. The number of rotatable bonds is 2. The normalized spacial score (nSPS) is 17.3. The summed E-state index contributed by atoms with van der Waals surface area (Å²) in [5.41, 5.74) is 0.355. The topological polar surface area (TPSA) is 29.5 Å². The predicted octanol–water partition coefficient (Wildman–Crippen LogP) is 3.00. The number of halogens is 2. The number of benzene rings is 1. The average Bonchev–Trinajstić information content (AvgIpc) is 2.34. The van der Waals surface area contributed by atoms with Crippen LogP contribution in [-0.4, -0.2) is 11.7 Å². The van der Waals surface area contributed by atoms with Gasteiger partial charge in [0.2, 0.25) is 0 Å². The van der Waals surface area contributed by atoms with E-state index in [9.17, 15) is 13.9 Å². The second kappa shape index (κ2) is 4.84. The van der Waals surface area contributed by atoms with Crippen molar-refractivity contribution in [2.24, 2.45) is 0 Å². The van der Waals surface area contributed by atoms with Crippen molar-refractivity contribution in [1.82, 2.24) is 0 Å². The first-order chi connectivity index (χ1) is 8.09. The van der Waals surface area contributed by atoms with Crippen LogP contribution in [0.25, 0.3) is 0 Å². The van der Waals surface area contributed by atoms with Crippen molar-refractivity contribution in [2.75, 3.05) is 6.61 Å². The second-order valence-electron chi connectivity index (χ2n) is 4.12. The van der Waals surface area contributed by atoms with Crippen LogP contribution in [0.2, 0.25) is 0 Å². The number of aryl methyl sites for hydroxylation is 1. The third-order valence-electron chi connectivity index (χ3n) is 2.80. The van der Waals surface area contributed by atoms with Gasteiger partial charge in [-0.25, -0.2) is 8.78 Å². The molecule has 0 aromatic heterocycles. The van der Waals surface area contributed by atoms with Crippen LogP contribution in [-0.2, 0) is 4.74 Å². The van der Waals surface area contributed by atoms with Crippen molar-refractivity contribution < 1.29 is 18.6 Å². The van der Waals surface area contributed by atoms with Gasteiger partial charge in [0, 0.05) is 11.6 Å². The summed E-state index contributed by atoms with van der Waals surface area (Å²) in [6.45, 7) is 2.05. The molecule has 1 unspecified atom stereocenters. The highest BCUT2D eigenvalue weighted by Gasteiger charge is 2.21. The molecule has 1 aliphatic heterocycles. The third-order valence-corrected chi connectivity index (χ3v) is 2.80. The summed E-state index contributed by atoms with van der Waals surface area (Å²) >= 11 is 0. The quantitative estimate of drug-likeness (QED) is 0.861. The molecule has 1 aliphatic rings. The summed E-state index contributed by atoms with van der Waals surface area (Å²) in [4.78, 5) is 0. The summed E-state index contributed by atoms with van der Waals surface area (Å²) in [7, 11) is 0. The number of ether oxygens (including phenoxy) is 1. The minimum absolute atomic E-state index is 0.0528. The average molecular weight is 240 g/mol. The zero-order valence-electron chi connectivity index (χ0n) is 9.54. The largest absolute Gasteiger partial charge is 0.495 e. The Morgan fingerprint density at radius 2 is 2.06 bits per heavy atom. The molecule has 0 saturated carbocycles. The lowest BCUT2D eigenvalue weighted by atomic mass is 10.0. The molecule has 2 nitrogen and oxygen atoms in total. The molecule has 0 bridgehead atoms. The Morgan fingerprint density at radius 3 is 2.71 bits per heavy atom. The van der Waals surface area contributed by atoms with E-state index in [1.54, 1.807) is 6.08 Å². The molecule has 1 aromatic rings. The molecular formula is C13H14F2O2. The van der Waals surface area contributed by atoms with E-state index in [1.165, 1.54) is 13.0 Å². The van der Waals surface area contributed by atoms with Crippen molar-refractivity contribution in [3.63, 3.8) is 0 Å². The van der Waals surface area contributed by atoms with Gasteiger partial charge < -0.3 is 9.84 Å². The van der Waals surface area contributed by atoms with Crippen molar-refractivity contribution >= 4 is 0 Å². The van der Waals surface area contributed by atoms with E-state index in [4.69, 9.17) is 4.74 Å². The first-order valence-corrected chi connectivity index (χ1v) is 5.56. The zero-order chi connectivity index (χ0) is 12.4. The number of aliphatic hydroxyl groups excluding tert-OH is 1. The fourth-order valence-corrected chi connectivity index (χ4v) is 1.81. The monoisotopic (exact) mass is 240 g/mol. The number of aliphatic hydroxyl groups is 1. The van der Waals surface area contributed by atoms with E-state index >= 15 is 0 Å². The summed E-state index contributed by atoms with van der Waals surface area (Å²) in [5, 5.41) is 9.99. The minimum Gasteiger partial charge on any atom is -0.495 e. The van der Waals surface area contributed by atoms with Gasteiger partial charge in [0.05, 0.1) is 6.61 Å². The maximum atomic E-state index is 13.6. The lowest BCUT2D eigenvalue weighted by Gasteiger charge is -2.20. The van der Waals surface area contributed by atoms with Crippen molar-refractivity contribution in [1.29, 1.82) is 0 Å². The lowest BCUT2D eigenvalue weighted by molar-refractivity contribution is 0.0896. The van der Waals surface area contributed by atoms with Crippen LogP contribution in [0.1, 0.15) is 30.1 Å².